The molecular weight excluding hydrogens is 512 g/mol. The molecule has 2 aliphatic carbocycles. The Morgan fingerprint density at radius 3 is 2.34 bits per heavy atom. The third kappa shape index (κ3) is 4.79. The van der Waals surface area contributed by atoms with Gasteiger partial charge in [-0.1, -0.05) is 0 Å². The van der Waals surface area contributed by atoms with Crippen molar-refractivity contribution in [3.63, 3.8) is 0 Å². The molecule has 0 amide bonds. The molecule has 41 heavy (non-hydrogen) atoms. The van der Waals surface area contributed by atoms with Crippen LogP contribution in [-0.4, -0.2) is 80.4 Å². The van der Waals surface area contributed by atoms with Gasteiger partial charge in [-0.25, -0.2) is 4.98 Å². The highest BCUT2D eigenvalue weighted by atomic mass is 16.5. The maximum absolute atomic E-state index is 6.55. The molecule has 4 heterocycles. The molecule has 2 aliphatic heterocycles. The Kier molecular flexibility index (Phi) is 6.55. The molecule has 4 aliphatic rings. The summed E-state index contributed by atoms with van der Waals surface area (Å²) < 4.78 is 18.5. The first kappa shape index (κ1) is 27.1. The maximum Gasteiger partial charge on any atom is 0.163 e. The van der Waals surface area contributed by atoms with Crippen LogP contribution in [0, 0.1) is 17.8 Å². The van der Waals surface area contributed by atoms with E-state index in [1.54, 1.807) is 7.11 Å². The van der Waals surface area contributed by atoms with Crippen LogP contribution in [0.25, 0.3) is 22.4 Å². The summed E-state index contributed by atoms with van der Waals surface area (Å²) in [7, 11) is 6.20. The molecule has 4 fully saturated rings. The predicted molar refractivity (Wildman–Crippen MR) is 164 cm³/mol. The molecule has 0 bridgehead atoms. The van der Waals surface area contributed by atoms with Crippen LogP contribution in [0.5, 0.6) is 11.5 Å². The van der Waals surface area contributed by atoms with Crippen molar-refractivity contribution in [3.8, 4) is 23.0 Å². The predicted octanol–water partition coefficient (Wildman–Crippen LogP) is 6.37. The normalized spacial score (nSPS) is 23.9. The summed E-state index contributed by atoms with van der Waals surface area (Å²) in [4.78, 5) is 12.6. The van der Waals surface area contributed by atoms with E-state index in [-0.39, 0.29) is 6.10 Å². The Hall–Kier alpha value is -2.77. The van der Waals surface area contributed by atoms with Crippen molar-refractivity contribution in [2.24, 2.45) is 10.8 Å². The van der Waals surface area contributed by atoms with Crippen LogP contribution in [0.15, 0.2) is 34.7 Å². The Bertz CT molecular complexity index is 1420. The number of ether oxygens (including phenoxy) is 2. The summed E-state index contributed by atoms with van der Waals surface area (Å²) in [5, 5.41) is 1.10. The van der Waals surface area contributed by atoms with Crippen LogP contribution >= 0.6 is 0 Å². The van der Waals surface area contributed by atoms with Crippen molar-refractivity contribution in [2.45, 2.75) is 77.5 Å². The second kappa shape index (κ2) is 9.91. The van der Waals surface area contributed by atoms with Crippen molar-refractivity contribution in [1.29, 1.82) is 0 Å². The maximum atomic E-state index is 6.55. The molecule has 7 rings (SSSR count). The number of fused-ring (bicyclic) bond motifs is 1. The van der Waals surface area contributed by atoms with Crippen molar-refractivity contribution >= 4 is 16.6 Å². The van der Waals surface area contributed by atoms with Gasteiger partial charge in [0.1, 0.15) is 17.6 Å². The van der Waals surface area contributed by atoms with E-state index >= 15 is 0 Å². The number of piperidine rings is 1. The van der Waals surface area contributed by atoms with Crippen molar-refractivity contribution < 1.29 is 13.9 Å². The molecule has 3 aromatic rings. The van der Waals surface area contributed by atoms with E-state index < -0.39 is 0 Å². The fourth-order valence-corrected chi connectivity index (χ4v) is 8.32. The smallest absolute Gasteiger partial charge is 0.163 e. The molecule has 7 nitrogen and oxygen atoms in total. The minimum atomic E-state index is 0.237. The van der Waals surface area contributed by atoms with E-state index in [0.717, 1.165) is 52.5 Å². The molecule has 0 atom stereocenters. The number of anilines is 1. The monoisotopic (exact) mass is 558 g/mol. The molecule has 0 N–H and O–H groups in total. The Morgan fingerprint density at radius 2 is 1.73 bits per heavy atom. The summed E-state index contributed by atoms with van der Waals surface area (Å²) >= 11 is 0. The number of benzene rings is 1. The third-order valence-electron chi connectivity index (χ3n) is 10.7. The first-order valence-electron chi connectivity index (χ1n) is 15.6. The second-order valence-corrected chi connectivity index (χ2v) is 14.1. The summed E-state index contributed by atoms with van der Waals surface area (Å²) in [5.41, 5.74) is 3.94. The van der Waals surface area contributed by atoms with E-state index in [1.807, 2.05) is 19.1 Å². The van der Waals surface area contributed by atoms with Gasteiger partial charge >= 0.3 is 0 Å². The fourth-order valence-electron chi connectivity index (χ4n) is 8.32. The van der Waals surface area contributed by atoms with Gasteiger partial charge in [-0.05, 0) is 109 Å². The summed E-state index contributed by atoms with van der Waals surface area (Å²) in [6, 6.07) is 11.6. The van der Waals surface area contributed by atoms with Crippen molar-refractivity contribution in [1.82, 2.24) is 14.8 Å². The zero-order chi connectivity index (χ0) is 28.5. The van der Waals surface area contributed by atoms with E-state index in [2.05, 4.69) is 60.8 Å². The van der Waals surface area contributed by atoms with E-state index in [1.165, 1.54) is 57.5 Å². The van der Waals surface area contributed by atoms with E-state index in [0.29, 0.717) is 22.9 Å². The Morgan fingerprint density at radius 1 is 1.00 bits per heavy atom. The van der Waals surface area contributed by atoms with Crippen LogP contribution in [-0.2, 0) is 0 Å². The minimum absolute atomic E-state index is 0.237. The average Bonchev–Trinajstić information content (AvgIpc) is 3.34. The molecule has 7 heteroatoms. The van der Waals surface area contributed by atoms with E-state index in [9.17, 15) is 0 Å². The highest BCUT2D eigenvalue weighted by Gasteiger charge is 2.52. The fraction of sp³-hybridized carbons (Fsp3) is 0.618. The standard InChI is InChI=1S/C34H46N4O3/c1-22(2)38-11-9-33(10-12-38)16-24(17-33)37(5)29-14-28(30-8-7-23(3)40-30)35-27-15-32(31(39-6)13-26(27)29)41-25-18-34(19-25)20-36(4)21-34/h7-8,13-15,22,24-25H,9-12,16-21H2,1-6H3. The van der Waals surface area contributed by atoms with Crippen LogP contribution in [0.2, 0.25) is 0 Å². The second-order valence-electron chi connectivity index (χ2n) is 14.1. The summed E-state index contributed by atoms with van der Waals surface area (Å²) in [5.74, 6) is 3.28. The lowest BCUT2D eigenvalue weighted by molar-refractivity contribution is -0.109. The number of likely N-dealkylation sites (tertiary alicyclic amines) is 2. The highest BCUT2D eigenvalue weighted by molar-refractivity contribution is 5.96. The van der Waals surface area contributed by atoms with Gasteiger partial charge < -0.3 is 28.6 Å². The van der Waals surface area contributed by atoms with Gasteiger partial charge in [-0.15, -0.1) is 0 Å². The van der Waals surface area contributed by atoms with Gasteiger partial charge in [0.15, 0.2) is 17.3 Å². The molecule has 0 radical (unpaired) electrons. The van der Waals surface area contributed by atoms with Crippen molar-refractivity contribution in [2.75, 3.05) is 52.3 Å². The number of pyridine rings is 1. The number of aromatic nitrogens is 1. The lowest BCUT2D eigenvalue weighted by Crippen LogP contribution is -2.63. The average molecular weight is 559 g/mol. The molecule has 2 aromatic heterocycles. The summed E-state index contributed by atoms with van der Waals surface area (Å²) in [6.07, 6.45) is 7.61. The molecule has 2 saturated heterocycles. The Balaban J connectivity index is 1.17. The van der Waals surface area contributed by atoms with Crippen LogP contribution in [0.1, 0.15) is 58.1 Å². The van der Waals surface area contributed by atoms with Crippen LogP contribution in [0.3, 0.4) is 0 Å². The zero-order valence-electron chi connectivity index (χ0n) is 25.7. The first-order valence-corrected chi connectivity index (χ1v) is 15.6. The number of furan rings is 1. The number of methoxy groups -OCH3 is 1. The number of aryl methyl sites for hydroxylation is 1. The molecular formula is C34H46N4O3. The number of hydrogen-bond acceptors (Lipinski definition) is 7. The number of nitrogens with zero attached hydrogens (tertiary/aromatic N) is 4. The molecule has 2 spiro atoms. The lowest BCUT2D eigenvalue weighted by Gasteiger charge is -2.57. The van der Waals surface area contributed by atoms with Crippen LogP contribution in [0.4, 0.5) is 5.69 Å². The lowest BCUT2D eigenvalue weighted by atomic mass is 9.60. The third-order valence-corrected chi connectivity index (χ3v) is 10.7. The van der Waals surface area contributed by atoms with Crippen molar-refractivity contribution in [3.05, 3.63) is 36.1 Å². The van der Waals surface area contributed by atoms with Crippen LogP contribution < -0.4 is 14.4 Å². The SMILES string of the molecule is COc1cc2c(N(C)C3CC4(CCN(C(C)C)CC4)C3)cc(-c3ccc(C)o3)nc2cc1OC1CC2(C1)CN(C)C2. The van der Waals surface area contributed by atoms with E-state index in [4.69, 9.17) is 18.9 Å². The number of hydrogen-bond donors (Lipinski definition) is 0. The quantitative estimate of drug-likeness (QED) is 0.334. The zero-order valence-corrected chi connectivity index (χ0v) is 25.7. The molecule has 220 valence electrons. The topological polar surface area (TPSA) is 54.2 Å². The van der Waals surface area contributed by atoms with Gasteiger partial charge in [0.05, 0.1) is 12.6 Å². The molecule has 2 saturated carbocycles. The minimum Gasteiger partial charge on any atom is -0.493 e. The van der Waals surface area contributed by atoms with Gasteiger partial charge in [0, 0.05) is 54.8 Å². The number of rotatable bonds is 7. The molecule has 0 unspecified atom stereocenters. The first-order chi connectivity index (χ1) is 19.6. The van der Waals surface area contributed by atoms with Gasteiger partial charge in [-0.3, -0.25) is 0 Å². The Labute approximate surface area is 244 Å². The van der Waals surface area contributed by atoms with Gasteiger partial charge in [0.25, 0.3) is 0 Å². The highest BCUT2D eigenvalue weighted by Crippen LogP contribution is 2.53. The van der Waals surface area contributed by atoms with Gasteiger partial charge in [0.2, 0.25) is 0 Å². The molecule has 1 aromatic carbocycles. The largest absolute Gasteiger partial charge is 0.493 e. The van der Waals surface area contributed by atoms with Gasteiger partial charge in [-0.2, -0.15) is 0 Å². The summed E-state index contributed by atoms with van der Waals surface area (Å²) in [6.45, 7) is 11.5.